The highest BCUT2D eigenvalue weighted by atomic mass is 16.5. The van der Waals surface area contributed by atoms with Crippen molar-refractivity contribution in [3.8, 4) is 6.07 Å². The zero-order valence-electron chi connectivity index (χ0n) is 21.9. The Morgan fingerprint density at radius 2 is 1.91 bits per heavy atom. The maximum absolute atomic E-state index is 12.0. The molecule has 6 heteroatoms. The number of carbonyl (C=O) groups is 1. The third-order valence-electron chi connectivity index (χ3n) is 10.00. The summed E-state index contributed by atoms with van der Waals surface area (Å²) in [5.41, 5.74) is 2.18. The summed E-state index contributed by atoms with van der Waals surface area (Å²) in [6.07, 6.45) is 10.9. The second-order valence-corrected chi connectivity index (χ2v) is 12.3. The number of hydrogen-bond acceptors (Lipinski definition) is 6. The summed E-state index contributed by atoms with van der Waals surface area (Å²) in [5, 5.41) is 9.87. The van der Waals surface area contributed by atoms with Crippen molar-refractivity contribution in [1.29, 1.82) is 5.26 Å². The summed E-state index contributed by atoms with van der Waals surface area (Å²) >= 11 is 0. The van der Waals surface area contributed by atoms with E-state index in [0.717, 1.165) is 77.1 Å². The van der Waals surface area contributed by atoms with Crippen molar-refractivity contribution in [1.82, 2.24) is 9.80 Å². The molecule has 2 aliphatic carbocycles. The SMILES string of the molecule is CC1CCC(C#N)C2CCOC(CN3CCN(CCC4=CCC5(C)C(=O)OCC5=C4)CC3)C2(C)C1. The highest BCUT2D eigenvalue weighted by Gasteiger charge is 2.50. The first-order valence-electron chi connectivity index (χ1n) is 13.8. The molecule has 3 saturated heterocycles. The molecule has 1 saturated carbocycles. The molecule has 4 fully saturated rings. The van der Waals surface area contributed by atoms with Crippen LogP contribution in [0.5, 0.6) is 0 Å². The topological polar surface area (TPSA) is 65.8 Å². The molecule has 5 aliphatic rings. The van der Waals surface area contributed by atoms with Gasteiger partial charge in [0.2, 0.25) is 0 Å². The Morgan fingerprint density at radius 1 is 1.14 bits per heavy atom. The van der Waals surface area contributed by atoms with Crippen LogP contribution >= 0.6 is 0 Å². The Hall–Kier alpha value is -1.68. The first-order chi connectivity index (χ1) is 16.8. The second kappa shape index (κ2) is 10.00. The van der Waals surface area contributed by atoms with Gasteiger partial charge in [-0.3, -0.25) is 9.69 Å². The Balaban J connectivity index is 1.12. The van der Waals surface area contributed by atoms with Gasteiger partial charge in [-0.2, -0.15) is 5.26 Å². The quantitative estimate of drug-likeness (QED) is 0.549. The van der Waals surface area contributed by atoms with Gasteiger partial charge in [-0.05, 0) is 68.3 Å². The number of cyclic esters (lactones) is 1. The van der Waals surface area contributed by atoms with Crippen LogP contribution in [0, 0.1) is 39.9 Å². The van der Waals surface area contributed by atoms with Crippen LogP contribution in [0.25, 0.3) is 0 Å². The van der Waals surface area contributed by atoms with Crippen molar-refractivity contribution in [3.63, 3.8) is 0 Å². The summed E-state index contributed by atoms with van der Waals surface area (Å²) < 4.78 is 11.7. The fraction of sp³-hybridized carbons (Fsp3) is 0.793. The van der Waals surface area contributed by atoms with Crippen LogP contribution in [0.4, 0.5) is 0 Å². The van der Waals surface area contributed by atoms with E-state index in [1.807, 2.05) is 6.92 Å². The summed E-state index contributed by atoms with van der Waals surface area (Å²) in [6, 6.07) is 2.67. The van der Waals surface area contributed by atoms with Gasteiger partial charge in [0, 0.05) is 51.8 Å². The van der Waals surface area contributed by atoms with E-state index in [9.17, 15) is 10.1 Å². The van der Waals surface area contributed by atoms with Gasteiger partial charge in [0.1, 0.15) is 6.61 Å². The van der Waals surface area contributed by atoms with Gasteiger partial charge in [-0.1, -0.05) is 31.6 Å². The molecule has 0 aromatic carbocycles. The number of hydrogen-bond donors (Lipinski definition) is 0. The molecular formula is C29H43N3O3. The molecule has 0 aromatic rings. The molecule has 0 amide bonds. The van der Waals surface area contributed by atoms with Gasteiger partial charge < -0.3 is 14.4 Å². The molecule has 3 heterocycles. The first-order valence-corrected chi connectivity index (χ1v) is 13.8. The number of nitriles is 1. The van der Waals surface area contributed by atoms with E-state index in [-0.39, 0.29) is 23.4 Å². The van der Waals surface area contributed by atoms with Crippen molar-refractivity contribution in [3.05, 3.63) is 23.3 Å². The number of nitrogens with zero attached hydrogens (tertiary/aromatic N) is 3. The average molecular weight is 482 g/mol. The fourth-order valence-electron chi connectivity index (χ4n) is 7.49. The molecule has 0 N–H and O–H groups in total. The molecule has 35 heavy (non-hydrogen) atoms. The highest BCUT2D eigenvalue weighted by molar-refractivity contribution is 5.84. The van der Waals surface area contributed by atoms with Gasteiger partial charge in [0.15, 0.2) is 0 Å². The third-order valence-corrected chi connectivity index (χ3v) is 10.00. The third kappa shape index (κ3) is 4.84. The standard InChI is InChI=1S/C29H43N3O3/c1-21-4-5-23(18-30)25-8-15-34-26(29(25,3)17-21)19-32-13-11-31(12-14-32)10-7-22-6-9-28(2)24(16-22)20-35-27(28)33/h6,16,21,23,25-26H,4-5,7-15,17,19-20H2,1-3H3. The minimum Gasteiger partial charge on any atom is -0.460 e. The number of carbonyl (C=O) groups excluding carboxylic acids is 1. The van der Waals surface area contributed by atoms with Gasteiger partial charge in [-0.25, -0.2) is 0 Å². The molecule has 6 nitrogen and oxygen atoms in total. The van der Waals surface area contributed by atoms with Gasteiger partial charge in [0.25, 0.3) is 0 Å². The Morgan fingerprint density at radius 3 is 2.69 bits per heavy atom. The lowest BCUT2D eigenvalue weighted by atomic mass is 9.63. The fourth-order valence-corrected chi connectivity index (χ4v) is 7.49. The minimum atomic E-state index is -0.422. The zero-order valence-corrected chi connectivity index (χ0v) is 21.9. The first kappa shape index (κ1) is 25.0. The van der Waals surface area contributed by atoms with E-state index in [1.165, 1.54) is 18.4 Å². The predicted octanol–water partition coefficient (Wildman–Crippen LogP) is 4.18. The van der Waals surface area contributed by atoms with E-state index in [1.54, 1.807) is 0 Å². The molecule has 3 aliphatic heterocycles. The van der Waals surface area contributed by atoms with Crippen LogP contribution in [0.3, 0.4) is 0 Å². The number of esters is 1. The van der Waals surface area contributed by atoms with Crippen molar-refractivity contribution in [2.75, 3.05) is 52.5 Å². The van der Waals surface area contributed by atoms with Crippen LogP contribution in [0.15, 0.2) is 23.3 Å². The van der Waals surface area contributed by atoms with E-state index < -0.39 is 5.41 Å². The smallest absolute Gasteiger partial charge is 0.316 e. The van der Waals surface area contributed by atoms with Crippen LogP contribution in [0.1, 0.15) is 59.3 Å². The van der Waals surface area contributed by atoms with Crippen LogP contribution in [0.2, 0.25) is 0 Å². The number of fused-ring (bicyclic) bond motifs is 2. The summed E-state index contributed by atoms with van der Waals surface area (Å²) in [4.78, 5) is 17.2. The molecule has 6 unspecified atom stereocenters. The predicted molar refractivity (Wildman–Crippen MR) is 135 cm³/mol. The Bertz CT molecular complexity index is 915. The number of ether oxygens (including phenoxy) is 2. The summed E-state index contributed by atoms with van der Waals surface area (Å²) in [5.74, 6) is 1.25. The Kier molecular flexibility index (Phi) is 7.14. The van der Waals surface area contributed by atoms with E-state index >= 15 is 0 Å². The van der Waals surface area contributed by atoms with Crippen molar-refractivity contribution in [2.45, 2.75) is 65.4 Å². The lowest BCUT2D eigenvalue weighted by Crippen LogP contribution is -2.55. The number of piperazine rings is 1. The second-order valence-electron chi connectivity index (χ2n) is 12.3. The molecule has 0 radical (unpaired) electrons. The van der Waals surface area contributed by atoms with E-state index in [4.69, 9.17) is 9.47 Å². The molecule has 5 rings (SSSR count). The summed E-state index contributed by atoms with van der Waals surface area (Å²) in [7, 11) is 0. The van der Waals surface area contributed by atoms with Crippen LogP contribution in [-0.2, 0) is 14.3 Å². The molecular weight excluding hydrogens is 438 g/mol. The number of allylic oxidation sites excluding steroid dienone is 2. The average Bonchev–Trinajstić information content (AvgIpc) is 3.06. The molecule has 192 valence electrons. The minimum absolute atomic E-state index is 0.0706. The van der Waals surface area contributed by atoms with Gasteiger partial charge in [0.05, 0.1) is 17.6 Å². The van der Waals surface area contributed by atoms with Crippen molar-refractivity contribution < 1.29 is 14.3 Å². The lowest BCUT2D eigenvalue weighted by Gasteiger charge is -2.50. The maximum atomic E-state index is 12.0. The maximum Gasteiger partial charge on any atom is 0.316 e. The van der Waals surface area contributed by atoms with Crippen molar-refractivity contribution >= 4 is 5.97 Å². The zero-order chi connectivity index (χ0) is 24.6. The highest BCUT2D eigenvalue weighted by Crippen LogP contribution is 2.51. The van der Waals surface area contributed by atoms with Gasteiger partial charge in [-0.15, -0.1) is 0 Å². The largest absolute Gasteiger partial charge is 0.460 e. The van der Waals surface area contributed by atoms with E-state index in [0.29, 0.717) is 18.4 Å². The Labute approximate surface area is 211 Å². The van der Waals surface area contributed by atoms with Crippen LogP contribution in [-0.4, -0.2) is 74.4 Å². The molecule has 0 bridgehead atoms. The summed E-state index contributed by atoms with van der Waals surface area (Å²) in [6.45, 7) is 14.5. The lowest BCUT2D eigenvalue weighted by molar-refractivity contribution is -0.145. The molecule has 6 atom stereocenters. The van der Waals surface area contributed by atoms with Crippen LogP contribution < -0.4 is 0 Å². The normalized spacial score (nSPS) is 40.6. The monoisotopic (exact) mass is 481 g/mol. The van der Waals surface area contributed by atoms with Gasteiger partial charge >= 0.3 is 5.97 Å². The van der Waals surface area contributed by atoms with E-state index in [2.05, 4.69) is 41.9 Å². The number of rotatable bonds is 5. The molecule has 0 aromatic heterocycles. The van der Waals surface area contributed by atoms with Crippen molar-refractivity contribution in [2.24, 2.45) is 28.6 Å². The molecule has 0 spiro atoms.